The van der Waals surface area contributed by atoms with Crippen LogP contribution in [0.5, 0.6) is 0 Å². The molecule has 0 aromatic heterocycles. The molecular weight excluding hydrogens is 364 g/mol. The molecule has 5 heteroatoms. The van der Waals surface area contributed by atoms with Crippen LogP contribution in [0, 0.1) is 0 Å². The van der Waals surface area contributed by atoms with Gasteiger partial charge in [0.2, 0.25) is 0 Å². The minimum atomic E-state index is -0.342. The first kappa shape index (κ1) is 18.7. The summed E-state index contributed by atoms with van der Waals surface area (Å²) in [6, 6.07) is 24.7. The quantitative estimate of drug-likeness (QED) is 0.628. The van der Waals surface area contributed by atoms with Crippen LogP contribution in [-0.4, -0.2) is 23.4 Å². The van der Waals surface area contributed by atoms with Crippen molar-refractivity contribution in [2.75, 3.05) is 11.9 Å². The van der Waals surface area contributed by atoms with Gasteiger partial charge in [-0.1, -0.05) is 48.5 Å². The first-order valence-electron chi connectivity index (χ1n) is 9.65. The number of esters is 1. The van der Waals surface area contributed by atoms with Crippen molar-refractivity contribution >= 4 is 17.6 Å². The van der Waals surface area contributed by atoms with Gasteiger partial charge in [-0.2, -0.15) is 0 Å². The maximum Gasteiger partial charge on any atom is 0.338 e. The average Bonchev–Trinajstić information content (AvgIpc) is 3.01. The highest BCUT2D eigenvalue weighted by atomic mass is 16.5. The van der Waals surface area contributed by atoms with E-state index in [-0.39, 0.29) is 18.0 Å². The molecule has 1 atom stereocenters. The smallest absolute Gasteiger partial charge is 0.338 e. The summed E-state index contributed by atoms with van der Waals surface area (Å²) >= 11 is 0. The topological polar surface area (TPSA) is 58.6 Å². The number of ether oxygens (including phenoxy) is 1. The number of hydrogen-bond donors (Lipinski definition) is 1. The summed E-state index contributed by atoms with van der Waals surface area (Å²) in [5.74, 6) is -0.337. The predicted molar refractivity (Wildman–Crippen MR) is 112 cm³/mol. The third-order valence-corrected chi connectivity index (χ3v) is 4.95. The fraction of sp³-hybridized carbons (Fsp3) is 0.167. The largest absolute Gasteiger partial charge is 0.462 e. The molecule has 0 aliphatic carbocycles. The third-order valence-electron chi connectivity index (χ3n) is 4.95. The zero-order valence-corrected chi connectivity index (χ0v) is 16.2. The van der Waals surface area contributed by atoms with E-state index in [9.17, 15) is 9.59 Å². The number of hydrogen-bond acceptors (Lipinski definition) is 4. The van der Waals surface area contributed by atoms with E-state index < -0.39 is 0 Å². The zero-order chi connectivity index (χ0) is 20.2. The number of carbonyl (C=O) groups is 2. The molecule has 146 valence electrons. The summed E-state index contributed by atoms with van der Waals surface area (Å²) in [7, 11) is 0. The van der Waals surface area contributed by atoms with Gasteiger partial charge in [0, 0.05) is 23.4 Å². The Balaban J connectivity index is 1.60. The van der Waals surface area contributed by atoms with Crippen LogP contribution >= 0.6 is 0 Å². The highest BCUT2D eigenvalue weighted by molar-refractivity contribution is 5.99. The van der Waals surface area contributed by atoms with E-state index in [1.807, 2.05) is 71.6 Å². The lowest BCUT2D eigenvalue weighted by Crippen LogP contribution is -2.31. The van der Waals surface area contributed by atoms with Crippen molar-refractivity contribution in [2.45, 2.75) is 19.6 Å². The van der Waals surface area contributed by atoms with E-state index in [2.05, 4.69) is 5.32 Å². The predicted octanol–water partition coefficient (Wildman–Crippen LogP) is 4.63. The Kier molecular flexibility index (Phi) is 5.29. The van der Waals surface area contributed by atoms with Crippen LogP contribution in [0.2, 0.25) is 0 Å². The van der Waals surface area contributed by atoms with Gasteiger partial charge in [0.25, 0.3) is 5.91 Å². The molecule has 1 aliphatic heterocycles. The Morgan fingerprint density at radius 3 is 2.38 bits per heavy atom. The first-order chi connectivity index (χ1) is 14.2. The minimum Gasteiger partial charge on any atom is -0.462 e. The number of fused-ring (bicyclic) bond motifs is 1. The first-order valence-corrected chi connectivity index (χ1v) is 9.65. The van der Waals surface area contributed by atoms with E-state index in [1.165, 1.54) is 0 Å². The monoisotopic (exact) mass is 386 g/mol. The lowest BCUT2D eigenvalue weighted by molar-refractivity contribution is 0.0526. The molecular formula is C24H22N2O3. The summed E-state index contributed by atoms with van der Waals surface area (Å²) in [6.45, 7) is 2.63. The lowest BCUT2D eigenvalue weighted by Gasteiger charge is -2.27. The van der Waals surface area contributed by atoms with Gasteiger partial charge in [0.1, 0.15) is 6.17 Å². The van der Waals surface area contributed by atoms with Crippen molar-refractivity contribution in [3.8, 4) is 0 Å². The van der Waals surface area contributed by atoms with Crippen LogP contribution in [0.25, 0.3) is 0 Å². The van der Waals surface area contributed by atoms with Gasteiger partial charge in [-0.25, -0.2) is 4.79 Å². The van der Waals surface area contributed by atoms with Crippen molar-refractivity contribution in [2.24, 2.45) is 0 Å². The van der Waals surface area contributed by atoms with Crippen LogP contribution in [0.4, 0.5) is 5.69 Å². The number of nitrogens with one attached hydrogen (secondary N) is 1. The Bertz CT molecular complexity index is 1020. The number of carbonyl (C=O) groups excluding carboxylic acids is 2. The molecule has 0 saturated carbocycles. The molecule has 3 aromatic rings. The second-order valence-electron chi connectivity index (χ2n) is 6.85. The summed E-state index contributed by atoms with van der Waals surface area (Å²) in [4.78, 5) is 26.7. The molecule has 1 amide bonds. The standard InChI is InChI=1S/C24H22N2O3/c1-2-29-24(28)18-12-14-19(15-13-18)25-22-20-10-6-7-11-21(20)23(27)26(22)16-17-8-4-3-5-9-17/h3-15,22,25H,2,16H2,1H3. The van der Waals surface area contributed by atoms with Crippen LogP contribution in [0.1, 0.15) is 44.9 Å². The maximum atomic E-state index is 13.0. The Morgan fingerprint density at radius 2 is 1.66 bits per heavy atom. The van der Waals surface area contributed by atoms with E-state index in [1.54, 1.807) is 19.1 Å². The number of benzene rings is 3. The molecule has 29 heavy (non-hydrogen) atoms. The van der Waals surface area contributed by atoms with Gasteiger partial charge in [0.15, 0.2) is 0 Å². The molecule has 1 aliphatic rings. The van der Waals surface area contributed by atoms with Gasteiger partial charge >= 0.3 is 5.97 Å². The minimum absolute atomic E-state index is 0.00472. The molecule has 1 unspecified atom stereocenters. The lowest BCUT2D eigenvalue weighted by atomic mass is 10.1. The van der Waals surface area contributed by atoms with Crippen molar-refractivity contribution in [1.29, 1.82) is 0 Å². The van der Waals surface area contributed by atoms with E-state index in [0.29, 0.717) is 24.3 Å². The fourth-order valence-electron chi connectivity index (χ4n) is 3.54. The number of nitrogens with zero attached hydrogens (tertiary/aromatic N) is 1. The second-order valence-corrected chi connectivity index (χ2v) is 6.85. The average molecular weight is 386 g/mol. The van der Waals surface area contributed by atoms with Crippen LogP contribution in [-0.2, 0) is 11.3 Å². The van der Waals surface area contributed by atoms with Crippen LogP contribution in [0.15, 0.2) is 78.9 Å². The molecule has 3 aromatic carbocycles. The Labute approximate surface area is 169 Å². The molecule has 1 heterocycles. The van der Waals surface area contributed by atoms with Gasteiger partial charge in [-0.05, 0) is 42.8 Å². The fourth-order valence-corrected chi connectivity index (χ4v) is 3.54. The molecule has 0 bridgehead atoms. The summed E-state index contributed by atoms with van der Waals surface area (Å²) in [5, 5.41) is 3.45. The summed E-state index contributed by atoms with van der Waals surface area (Å²) in [6.07, 6.45) is -0.285. The van der Waals surface area contributed by atoms with Crippen molar-refractivity contribution in [3.63, 3.8) is 0 Å². The Morgan fingerprint density at radius 1 is 0.966 bits per heavy atom. The van der Waals surface area contributed by atoms with Crippen LogP contribution < -0.4 is 5.32 Å². The maximum absolute atomic E-state index is 13.0. The van der Waals surface area contributed by atoms with Gasteiger partial charge in [0.05, 0.1) is 12.2 Å². The van der Waals surface area contributed by atoms with Crippen molar-refractivity contribution < 1.29 is 14.3 Å². The van der Waals surface area contributed by atoms with Crippen molar-refractivity contribution in [3.05, 3.63) is 101 Å². The number of anilines is 1. The SMILES string of the molecule is CCOC(=O)c1ccc(NC2c3ccccc3C(=O)N2Cc2ccccc2)cc1. The summed E-state index contributed by atoms with van der Waals surface area (Å²) in [5.41, 5.74) is 4.05. The highest BCUT2D eigenvalue weighted by Gasteiger charge is 2.36. The number of rotatable bonds is 6. The third kappa shape index (κ3) is 3.85. The normalized spacial score (nSPS) is 15.1. The molecule has 1 N–H and O–H groups in total. The Hall–Kier alpha value is -3.60. The van der Waals surface area contributed by atoms with Crippen LogP contribution in [0.3, 0.4) is 0 Å². The molecule has 5 nitrogen and oxygen atoms in total. The molecule has 0 fully saturated rings. The van der Waals surface area contributed by atoms with E-state index in [0.717, 1.165) is 16.8 Å². The van der Waals surface area contributed by atoms with Gasteiger partial charge in [-0.15, -0.1) is 0 Å². The van der Waals surface area contributed by atoms with Crippen molar-refractivity contribution in [1.82, 2.24) is 4.90 Å². The van der Waals surface area contributed by atoms with Gasteiger partial charge < -0.3 is 15.0 Å². The number of amides is 1. The van der Waals surface area contributed by atoms with E-state index in [4.69, 9.17) is 4.74 Å². The molecule has 0 radical (unpaired) electrons. The summed E-state index contributed by atoms with van der Waals surface area (Å²) < 4.78 is 5.03. The molecule has 0 saturated heterocycles. The molecule has 4 rings (SSSR count). The molecule has 0 spiro atoms. The van der Waals surface area contributed by atoms with E-state index >= 15 is 0 Å². The zero-order valence-electron chi connectivity index (χ0n) is 16.2. The highest BCUT2D eigenvalue weighted by Crippen LogP contribution is 2.35. The second kappa shape index (κ2) is 8.19. The van der Waals surface area contributed by atoms with Gasteiger partial charge in [-0.3, -0.25) is 4.79 Å².